The summed E-state index contributed by atoms with van der Waals surface area (Å²) >= 11 is 2.00. The Kier molecular flexibility index (Phi) is 6.56. The molecular formula is C19H22IN3O4S. The molecule has 0 bridgehead atoms. The number of amides is 1. The number of rotatable bonds is 5. The Labute approximate surface area is 178 Å². The third kappa shape index (κ3) is 4.47. The van der Waals surface area contributed by atoms with Gasteiger partial charge in [0.25, 0.3) is 5.91 Å². The van der Waals surface area contributed by atoms with Crippen LogP contribution in [-0.2, 0) is 10.0 Å². The van der Waals surface area contributed by atoms with E-state index in [0.717, 1.165) is 19.3 Å². The number of nitrogens with one attached hydrogen (secondary N) is 1. The van der Waals surface area contributed by atoms with Crippen molar-refractivity contribution in [2.24, 2.45) is 0 Å². The number of piperidine rings is 1. The molecule has 1 atom stereocenters. The van der Waals surface area contributed by atoms with Crippen LogP contribution in [0.4, 0.5) is 5.69 Å². The highest BCUT2D eigenvalue weighted by Crippen LogP contribution is 2.26. The van der Waals surface area contributed by atoms with E-state index < -0.39 is 10.0 Å². The van der Waals surface area contributed by atoms with Gasteiger partial charge in [-0.15, -0.1) is 0 Å². The Bertz CT molecular complexity index is 964. The van der Waals surface area contributed by atoms with Crippen molar-refractivity contribution in [3.63, 3.8) is 0 Å². The zero-order valence-corrected chi connectivity index (χ0v) is 18.7. The van der Waals surface area contributed by atoms with Crippen LogP contribution in [0.25, 0.3) is 0 Å². The third-order valence-electron chi connectivity index (χ3n) is 4.73. The molecule has 150 valence electrons. The van der Waals surface area contributed by atoms with Crippen LogP contribution in [0.2, 0.25) is 0 Å². The van der Waals surface area contributed by atoms with Gasteiger partial charge in [-0.2, -0.15) is 4.31 Å². The van der Waals surface area contributed by atoms with Gasteiger partial charge in [0.15, 0.2) is 5.75 Å². The summed E-state index contributed by atoms with van der Waals surface area (Å²) in [6, 6.07) is 9.49. The second-order valence-corrected chi connectivity index (χ2v) is 9.54. The number of nitrogens with zero attached hydrogens (tertiary/aromatic N) is 2. The van der Waals surface area contributed by atoms with Gasteiger partial charge < -0.3 is 10.1 Å². The highest BCUT2D eigenvalue weighted by Gasteiger charge is 2.30. The lowest BCUT2D eigenvalue weighted by Gasteiger charge is -2.32. The van der Waals surface area contributed by atoms with Gasteiger partial charge in [0.1, 0.15) is 9.39 Å². The van der Waals surface area contributed by atoms with Gasteiger partial charge in [0.05, 0.1) is 12.0 Å². The maximum atomic E-state index is 12.9. The molecule has 0 saturated carbocycles. The normalized spacial score (nSPS) is 17.9. The molecule has 1 aromatic carbocycles. The zero-order valence-electron chi connectivity index (χ0n) is 15.7. The Morgan fingerprint density at radius 1 is 1.21 bits per heavy atom. The van der Waals surface area contributed by atoms with Crippen LogP contribution in [-0.4, -0.2) is 43.3 Å². The van der Waals surface area contributed by atoms with Crippen molar-refractivity contribution in [3.05, 3.63) is 45.8 Å². The minimum Gasteiger partial charge on any atom is -0.494 e. The molecule has 1 aliphatic heterocycles. The average molecular weight is 515 g/mol. The van der Waals surface area contributed by atoms with E-state index in [2.05, 4.69) is 10.3 Å². The van der Waals surface area contributed by atoms with Crippen LogP contribution in [0.1, 0.15) is 36.7 Å². The van der Waals surface area contributed by atoms with Crippen molar-refractivity contribution in [2.45, 2.75) is 37.1 Å². The molecule has 9 heteroatoms. The van der Waals surface area contributed by atoms with Crippen molar-refractivity contribution in [1.29, 1.82) is 0 Å². The molecule has 3 rings (SSSR count). The van der Waals surface area contributed by atoms with Gasteiger partial charge >= 0.3 is 0 Å². The van der Waals surface area contributed by atoms with E-state index in [0.29, 0.717) is 21.7 Å². The first-order chi connectivity index (χ1) is 13.3. The second kappa shape index (κ2) is 8.75. The molecule has 0 radical (unpaired) electrons. The summed E-state index contributed by atoms with van der Waals surface area (Å²) in [5.74, 6) is 0.222. The summed E-state index contributed by atoms with van der Waals surface area (Å²) in [7, 11) is -1.99. The quantitative estimate of drug-likeness (QED) is 0.487. The number of sulfonamides is 1. The van der Waals surface area contributed by atoms with Crippen molar-refractivity contribution in [2.75, 3.05) is 19.0 Å². The molecule has 0 unspecified atom stereocenters. The Morgan fingerprint density at radius 3 is 2.54 bits per heavy atom. The van der Waals surface area contributed by atoms with Crippen LogP contribution in [0.5, 0.6) is 5.75 Å². The van der Waals surface area contributed by atoms with Gasteiger partial charge in [-0.1, -0.05) is 6.42 Å². The first kappa shape index (κ1) is 21.0. The molecule has 2 aromatic rings. The summed E-state index contributed by atoms with van der Waals surface area (Å²) in [4.78, 5) is 16.8. The minimum atomic E-state index is -3.53. The highest BCUT2D eigenvalue weighted by molar-refractivity contribution is 14.1. The molecular weight excluding hydrogens is 493 g/mol. The number of carbonyl (C=O) groups excluding carboxylic acids is 1. The number of methoxy groups -OCH3 is 1. The van der Waals surface area contributed by atoms with Crippen LogP contribution in [0.15, 0.2) is 41.3 Å². The number of benzene rings is 1. The van der Waals surface area contributed by atoms with Gasteiger partial charge in [0, 0.05) is 18.3 Å². The molecule has 1 aromatic heterocycles. The van der Waals surface area contributed by atoms with Gasteiger partial charge in [0.2, 0.25) is 10.0 Å². The van der Waals surface area contributed by atoms with Crippen molar-refractivity contribution in [3.8, 4) is 5.75 Å². The lowest BCUT2D eigenvalue weighted by Crippen LogP contribution is -2.41. The molecule has 2 heterocycles. The largest absolute Gasteiger partial charge is 0.494 e. The molecule has 0 aliphatic carbocycles. The van der Waals surface area contributed by atoms with Crippen molar-refractivity contribution < 1.29 is 17.9 Å². The smallest absolute Gasteiger partial charge is 0.274 e. The van der Waals surface area contributed by atoms with Crippen molar-refractivity contribution in [1.82, 2.24) is 9.29 Å². The van der Waals surface area contributed by atoms with E-state index in [1.165, 1.54) is 12.1 Å². The van der Waals surface area contributed by atoms with Crippen molar-refractivity contribution >= 4 is 44.2 Å². The van der Waals surface area contributed by atoms with E-state index in [1.54, 1.807) is 35.7 Å². The highest BCUT2D eigenvalue weighted by atomic mass is 127. The number of pyridine rings is 1. The first-order valence-corrected chi connectivity index (χ1v) is 11.5. The SMILES string of the molecule is COc1ccc(C(=O)Nc2ccc(S(=O)(=O)N3CCCC[C@@H]3C)cc2)nc1I. The van der Waals surface area contributed by atoms with E-state index in [9.17, 15) is 13.2 Å². The zero-order chi connectivity index (χ0) is 20.3. The fraction of sp³-hybridized carbons (Fsp3) is 0.368. The Balaban J connectivity index is 1.74. The number of anilines is 1. The third-order valence-corrected chi connectivity index (χ3v) is 7.53. The Hall–Kier alpha value is -1.72. The molecule has 1 amide bonds. The van der Waals surface area contributed by atoms with E-state index in [1.807, 2.05) is 29.5 Å². The topological polar surface area (TPSA) is 88.6 Å². The second-order valence-electron chi connectivity index (χ2n) is 6.63. The predicted molar refractivity (Wildman–Crippen MR) is 115 cm³/mol. The Morgan fingerprint density at radius 2 is 1.93 bits per heavy atom. The van der Waals surface area contributed by atoms with Gasteiger partial charge in [-0.3, -0.25) is 4.79 Å². The lowest BCUT2D eigenvalue weighted by atomic mass is 10.1. The van der Waals surface area contributed by atoms with Crippen LogP contribution < -0.4 is 10.1 Å². The number of carbonyl (C=O) groups is 1. The summed E-state index contributed by atoms with van der Waals surface area (Å²) in [5.41, 5.74) is 0.757. The standard InChI is InChI=1S/C19H22IN3O4S/c1-13-5-3-4-12-23(13)28(25,26)15-8-6-14(7-9-15)21-19(24)16-10-11-17(27-2)18(20)22-16/h6-11,13H,3-5,12H2,1-2H3,(H,21,24)/t13-/m0/s1. The van der Waals surface area contributed by atoms with E-state index in [4.69, 9.17) is 4.74 Å². The molecule has 7 nitrogen and oxygen atoms in total. The summed E-state index contributed by atoms with van der Waals surface area (Å²) in [6.45, 7) is 2.48. The number of aromatic nitrogens is 1. The molecule has 28 heavy (non-hydrogen) atoms. The molecule has 1 N–H and O–H groups in total. The van der Waals surface area contributed by atoms with E-state index in [-0.39, 0.29) is 22.5 Å². The van der Waals surface area contributed by atoms with Crippen LogP contribution in [0.3, 0.4) is 0 Å². The molecule has 1 fully saturated rings. The fourth-order valence-electron chi connectivity index (χ4n) is 3.17. The molecule has 1 saturated heterocycles. The summed E-state index contributed by atoms with van der Waals surface area (Å²) in [6.07, 6.45) is 2.81. The van der Waals surface area contributed by atoms with Gasteiger partial charge in [-0.05, 0) is 78.8 Å². The first-order valence-electron chi connectivity index (χ1n) is 8.96. The van der Waals surface area contributed by atoms with Crippen LogP contribution in [0, 0.1) is 3.70 Å². The number of hydrogen-bond acceptors (Lipinski definition) is 5. The maximum absolute atomic E-state index is 12.9. The molecule has 0 spiro atoms. The summed E-state index contributed by atoms with van der Waals surface area (Å²) < 4.78 is 33.0. The number of hydrogen-bond donors (Lipinski definition) is 1. The van der Waals surface area contributed by atoms with Gasteiger partial charge in [-0.25, -0.2) is 13.4 Å². The van der Waals surface area contributed by atoms with E-state index >= 15 is 0 Å². The lowest BCUT2D eigenvalue weighted by molar-refractivity contribution is 0.102. The van der Waals surface area contributed by atoms with Crippen LogP contribution >= 0.6 is 22.6 Å². The summed E-state index contributed by atoms with van der Waals surface area (Å²) in [5, 5.41) is 2.74. The minimum absolute atomic E-state index is 0.00162. The monoisotopic (exact) mass is 515 g/mol. The number of halogens is 1. The molecule has 1 aliphatic rings. The maximum Gasteiger partial charge on any atom is 0.274 e. The number of ether oxygens (including phenoxy) is 1. The predicted octanol–water partition coefficient (Wildman–Crippen LogP) is 3.51. The average Bonchev–Trinajstić information content (AvgIpc) is 2.68. The fourth-order valence-corrected chi connectivity index (χ4v) is 5.53.